The van der Waals surface area contributed by atoms with Crippen LogP contribution in [0.3, 0.4) is 0 Å². The lowest BCUT2D eigenvalue weighted by Gasteiger charge is -1.84. The Kier molecular flexibility index (Phi) is 0.997. The number of hydrogen-bond donors (Lipinski definition) is 2. The van der Waals surface area contributed by atoms with Crippen LogP contribution < -0.4 is 11.3 Å². The highest BCUT2D eigenvalue weighted by atomic mass is 16.3. The van der Waals surface area contributed by atoms with Crippen molar-refractivity contribution >= 4 is 5.69 Å². The first kappa shape index (κ1) is 4.21. The van der Waals surface area contributed by atoms with E-state index in [2.05, 4.69) is 16.1 Å². The summed E-state index contributed by atoms with van der Waals surface area (Å²) in [6.07, 6.45) is 3.97. The van der Waals surface area contributed by atoms with Gasteiger partial charge < -0.3 is 9.84 Å². The molecule has 3 N–H and O–H groups in total. The van der Waals surface area contributed by atoms with Gasteiger partial charge >= 0.3 is 0 Å². The zero-order valence-electron chi connectivity index (χ0n) is 3.64. The van der Waals surface area contributed by atoms with E-state index < -0.39 is 0 Å². The standard InChI is InChI=1S/C4H5N2O/c5-6-4-1-2-7-3-4/h1-2,6H,5H2. The van der Waals surface area contributed by atoms with Gasteiger partial charge in [-0.25, -0.2) is 0 Å². The Morgan fingerprint density at radius 1 is 1.86 bits per heavy atom. The van der Waals surface area contributed by atoms with Crippen LogP contribution in [0.15, 0.2) is 16.7 Å². The SMILES string of the molecule is NNc1[c]occ1. The Hall–Kier alpha value is -0.960. The molecule has 0 spiro atoms. The number of nitrogens with two attached hydrogens (primary N) is 1. The van der Waals surface area contributed by atoms with Gasteiger partial charge in [0.15, 0.2) is 6.26 Å². The lowest BCUT2D eigenvalue weighted by atomic mass is 10.6. The molecule has 0 amide bonds. The van der Waals surface area contributed by atoms with Crippen molar-refractivity contribution in [2.24, 2.45) is 5.84 Å². The molecule has 3 heteroatoms. The highest BCUT2D eigenvalue weighted by Crippen LogP contribution is 2.00. The molecule has 7 heavy (non-hydrogen) atoms. The Bertz CT molecular complexity index is 124. The molecule has 1 aromatic heterocycles. The molecule has 1 aromatic rings. The molecule has 0 saturated carbocycles. The summed E-state index contributed by atoms with van der Waals surface area (Å²) >= 11 is 0. The summed E-state index contributed by atoms with van der Waals surface area (Å²) in [7, 11) is 0. The number of rotatable bonds is 1. The normalized spacial score (nSPS) is 8.71. The Balaban J connectivity index is 2.76. The molecule has 0 unspecified atom stereocenters. The van der Waals surface area contributed by atoms with Gasteiger partial charge in [-0.1, -0.05) is 0 Å². The third kappa shape index (κ3) is 0.721. The fourth-order valence-corrected chi connectivity index (χ4v) is 0.311. The van der Waals surface area contributed by atoms with Gasteiger partial charge in [0.1, 0.15) is 0 Å². The topological polar surface area (TPSA) is 51.2 Å². The van der Waals surface area contributed by atoms with Crippen molar-refractivity contribution in [3.8, 4) is 0 Å². The van der Waals surface area contributed by atoms with Crippen molar-refractivity contribution in [3.63, 3.8) is 0 Å². The second-order valence-electron chi connectivity index (χ2n) is 1.08. The number of furan rings is 1. The molecule has 37 valence electrons. The van der Waals surface area contributed by atoms with Crippen LogP contribution in [-0.2, 0) is 0 Å². The van der Waals surface area contributed by atoms with E-state index in [-0.39, 0.29) is 0 Å². The molecule has 3 nitrogen and oxygen atoms in total. The Morgan fingerprint density at radius 3 is 3.00 bits per heavy atom. The second kappa shape index (κ2) is 1.66. The molecule has 0 aliphatic rings. The van der Waals surface area contributed by atoms with E-state index in [1.165, 1.54) is 6.26 Å². The van der Waals surface area contributed by atoms with Crippen LogP contribution in [0.4, 0.5) is 5.69 Å². The van der Waals surface area contributed by atoms with E-state index in [9.17, 15) is 0 Å². The average Bonchev–Trinajstić information content (AvgIpc) is 2.14. The molecule has 0 atom stereocenters. The van der Waals surface area contributed by atoms with Gasteiger partial charge in [-0.15, -0.1) is 0 Å². The van der Waals surface area contributed by atoms with E-state index in [4.69, 9.17) is 5.84 Å². The number of nitrogens with one attached hydrogen (secondary N) is 1. The molecular weight excluding hydrogens is 92.1 g/mol. The zero-order valence-corrected chi connectivity index (χ0v) is 3.64. The zero-order chi connectivity index (χ0) is 5.11. The maximum atomic E-state index is 4.95. The average molecular weight is 97.1 g/mol. The van der Waals surface area contributed by atoms with Crippen LogP contribution in [0.1, 0.15) is 0 Å². The molecular formula is C4H5N2O. The minimum atomic E-state index is 0.667. The summed E-state index contributed by atoms with van der Waals surface area (Å²) in [6, 6.07) is 1.68. The predicted octanol–water partition coefficient (Wildman–Crippen LogP) is 0.365. The Morgan fingerprint density at radius 2 is 2.71 bits per heavy atom. The van der Waals surface area contributed by atoms with Crippen molar-refractivity contribution in [1.82, 2.24) is 0 Å². The van der Waals surface area contributed by atoms with Crippen LogP contribution >= 0.6 is 0 Å². The largest absolute Gasteiger partial charge is 0.459 e. The van der Waals surface area contributed by atoms with Crippen molar-refractivity contribution in [3.05, 3.63) is 18.6 Å². The van der Waals surface area contributed by atoms with Gasteiger partial charge in [-0.2, -0.15) is 0 Å². The van der Waals surface area contributed by atoms with Crippen LogP contribution in [-0.4, -0.2) is 0 Å². The number of hydrogen-bond acceptors (Lipinski definition) is 3. The minimum Gasteiger partial charge on any atom is -0.459 e. The highest BCUT2D eigenvalue weighted by Gasteiger charge is 1.84. The van der Waals surface area contributed by atoms with Gasteiger partial charge in [0.25, 0.3) is 0 Å². The molecule has 0 fully saturated rings. The molecule has 0 aliphatic heterocycles. The first-order valence-electron chi connectivity index (χ1n) is 1.85. The molecule has 0 aliphatic carbocycles. The lowest BCUT2D eigenvalue weighted by Crippen LogP contribution is -2.04. The third-order valence-corrected chi connectivity index (χ3v) is 0.627. The van der Waals surface area contributed by atoms with E-state index in [1.54, 1.807) is 6.07 Å². The van der Waals surface area contributed by atoms with E-state index in [0.29, 0.717) is 5.69 Å². The summed E-state index contributed by atoms with van der Waals surface area (Å²) < 4.78 is 4.54. The summed E-state index contributed by atoms with van der Waals surface area (Å²) in [4.78, 5) is 0. The van der Waals surface area contributed by atoms with Gasteiger partial charge in [0.05, 0.1) is 12.0 Å². The van der Waals surface area contributed by atoms with Gasteiger partial charge in [-0.05, 0) is 0 Å². The van der Waals surface area contributed by atoms with E-state index in [0.717, 1.165) is 0 Å². The number of anilines is 1. The fourth-order valence-electron chi connectivity index (χ4n) is 0.311. The monoisotopic (exact) mass is 97.0 g/mol. The van der Waals surface area contributed by atoms with Crippen LogP contribution in [0.2, 0.25) is 0 Å². The van der Waals surface area contributed by atoms with Gasteiger partial charge in [0.2, 0.25) is 0 Å². The maximum absolute atomic E-state index is 4.95. The summed E-state index contributed by atoms with van der Waals surface area (Å²) in [5.74, 6) is 4.95. The predicted molar refractivity (Wildman–Crippen MR) is 25.4 cm³/mol. The van der Waals surface area contributed by atoms with Crippen molar-refractivity contribution in [1.29, 1.82) is 0 Å². The van der Waals surface area contributed by atoms with Crippen molar-refractivity contribution in [2.45, 2.75) is 0 Å². The van der Waals surface area contributed by atoms with Gasteiger partial charge in [0, 0.05) is 6.07 Å². The smallest absolute Gasteiger partial charge is 0.195 e. The molecule has 1 rings (SSSR count). The molecule has 1 heterocycles. The van der Waals surface area contributed by atoms with Crippen molar-refractivity contribution in [2.75, 3.05) is 5.43 Å². The summed E-state index contributed by atoms with van der Waals surface area (Å²) in [6.45, 7) is 0. The first-order valence-corrected chi connectivity index (χ1v) is 1.85. The highest BCUT2D eigenvalue weighted by molar-refractivity contribution is 5.35. The van der Waals surface area contributed by atoms with Crippen molar-refractivity contribution < 1.29 is 4.42 Å². The van der Waals surface area contributed by atoms with Gasteiger partial charge in [-0.3, -0.25) is 5.84 Å². The van der Waals surface area contributed by atoms with Crippen LogP contribution in [0, 0.1) is 6.26 Å². The maximum Gasteiger partial charge on any atom is 0.195 e. The Labute approximate surface area is 41.1 Å². The number of nitrogen functional groups attached to an aromatic ring is 1. The quantitative estimate of drug-likeness (QED) is 0.393. The third-order valence-electron chi connectivity index (χ3n) is 0.627. The molecule has 0 aromatic carbocycles. The van der Waals surface area contributed by atoms with E-state index in [1.807, 2.05) is 0 Å². The van der Waals surface area contributed by atoms with Crippen LogP contribution in [0.25, 0.3) is 0 Å². The van der Waals surface area contributed by atoms with E-state index >= 15 is 0 Å². The summed E-state index contributed by atoms with van der Waals surface area (Å²) in [5.41, 5.74) is 3.02. The summed E-state index contributed by atoms with van der Waals surface area (Å²) in [5, 5.41) is 0. The van der Waals surface area contributed by atoms with Crippen LogP contribution in [0.5, 0.6) is 0 Å². The molecule has 1 radical (unpaired) electrons. The minimum absolute atomic E-state index is 0.667. The molecule has 0 bridgehead atoms. The first-order chi connectivity index (χ1) is 3.43. The second-order valence-corrected chi connectivity index (χ2v) is 1.08. The molecule has 0 saturated heterocycles. The fraction of sp³-hybridized carbons (Fsp3) is 0. The lowest BCUT2D eigenvalue weighted by molar-refractivity contribution is 0.559. The number of hydrazine groups is 1.